The summed E-state index contributed by atoms with van der Waals surface area (Å²) in [6.07, 6.45) is 3.14. The van der Waals surface area contributed by atoms with Gasteiger partial charge in [-0.2, -0.15) is 0 Å². The highest BCUT2D eigenvalue weighted by Crippen LogP contribution is 2.22. The van der Waals surface area contributed by atoms with Crippen molar-refractivity contribution in [3.63, 3.8) is 0 Å². The van der Waals surface area contributed by atoms with E-state index in [0.29, 0.717) is 0 Å². The van der Waals surface area contributed by atoms with E-state index in [-0.39, 0.29) is 17.7 Å². The number of nitrogens with one attached hydrogen (secondary N) is 2. The molecule has 0 spiro atoms. The van der Waals surface area contributed by atoms with Gasteiger partial charge in [0.2, 0.25) is 0 Å². The number of piperidine rings is 1. The maximum atomic E-state index is 11.8. The predicted octanol–water partition coefficient (Wildman–Crippen LogP) is 2.43. The fourth-order valence-corrected chi connectivity index (χ4v) is 2.09. The van der Waals surface area contributed by atoms with Crippen LogP contribution in [-0.4, -0.2) is 29.8 Å². The van der Waals surface area contributed by atoms with Crippen LogP contribution in [0, 0.1) is 0 Å². The van der Waals surface area contributed by atoms with Crippen LogP contribution in [0.1, 0.15) is 53.9 Å². The highest BCUT2D eigenvalue weighted by atomic mass is 16.6. The van der Waals surface area contributed by atoms with Crippen LogP contribution in [-0.2, 0) is 4.74 Å². The van der Waals surface area contributed by atoms with Crippen molar-refractivity contribution >= 4 is 6.09 Å². The van der Waals surface area contributed by atoms with E-state index in [9.17, 15) is 4.79 Å². The van der Waals surface area contributed by atoms with Crippen molar-refractivity contribution < 1.29 is 9.53 Å². The number of alkyl carbamates (subject to hydrolysis) is 1. The predicted molar refractivity (Wildman–Crippen MR) is 69.1 cm³/mol. The van der Waals surface area contributed by atoms with Crippen molar-refractivity contribution in [2.45, 2.75) is 71.1 Å². The normalized spacial score (nSPS) is 22.1. The first kappa shape index (κ1) is 14.3. The summed E-state index contributed by atoms with van der Waals surface area (Å²) in [5, 5.41) is 6.25. The molecular formula is C13H26N2O2. The molecule has 1 unspecified atom stereocenters. The number of hydrogen-bond acceptors (Lipinski definition) is 3. The van der Waals surface area contributed by atoms with E-state index in [2.05, 4.69) is 10.6 Å². The van der Waals surface area contributed by atoms with Crippen molar-refractivity contribution in [3.8, 4) is 0 Å². The minimum absolute atomic E-state index is 0.252. The van der Waals surface area contributed by atoms with E-state index in [1.807, 2.05) is 34.6 Å². The second kappa shape index (κ2) is 5.25. The first-order valence-corrected chi connectivity index (χ1v) is 6.45. The maximum Gasteiger partial charge on any atom is 0.408 e. The Morgan fingerprint density at radius 2 is 1.88 bits per heavy atom. The van der Waals surface area contributed by atoms with Crippen molar-refractivity contribution in [2.24, 2.45) is 0 Å². The number of carbonyl (C=O) groups excluding carboxylic acids is 1. The molecular weight excluding hydrogens is 216 g/mol. The summed E-state index contributed by atoms with van der Waals surface area (Å²) >= 11 is 0. The van der Waals surface area contributed by atoms with E-state index in [1.54, 1.807) is 0 Å². The molecule has 1 rings (SSSR count). The molecule has 1 heterocycles. The van der Waals surface area contributed by atoms with Gasteiger partial charge in [-0.15, -0.1) is 0 Å². The topological polar surface area (TPSA) is 50.4 Å². The molecule has 4 heteroatoms. The number of carbonyl (C=O) groups is 1. The Morgan fingerprint density at radius 1 is 1.24 bits per heavy atom. The average molecular weight is 242 g/mol. The second-order valence-electron chi connectivity index (χ2n) is 6.37. The molecule has 0 aromatic carbocycles. The molecule has 1 fully saturated rings. The lowest BCUT2D eigenvalue weighted by molar-refractivity contribution is -0.0000998. The van der Waals surface area contributed by atoms with Gasteiger partial charge < -0.3 is 15.4 Å². The first-order valence-electron chi connectivity index (χ1n) is 6.45. The van der Waals surface area contributed by atoms with E-state index >= 15 is 0 Å². The number of amides is 1. The summed E-state index contributed by atoms with van der Waals surface area (Å²) < 4.78 is 5.54. The Bertz CT molecular complexity index is 263. The van der Waals surface area contributed by atoms with Crippen molar-refractivity contribution in [1.29, 1.82) is 0 Å². The van der Waals surface area contributed by atoms with Gasteiger partial charge in [-0.3, -0.25) is 0 Å². The molecule has 1 amide bonds. The minimum Gasteiger partial charge on any atom is -0.442 e. The van der Waals surface area contributed by atoms with Gasteiger partial charge in [-0.1, -0.05) is 6.42 Å². The molecule has 0 bridgehead atoms. The molecule has 0 radical (unpaired) electrons. The van der Waals surface area contributed by atoms with Gasteiger partial charge >= 0.3 is 6.09 Å². The molecule has 1 atom stereocenters. The van der Waals surface area contributed by atoms with Gasteiger partial charge in [0.25, 0.3) is 0 Å². The molecule has 1 aliphatic heterocycles. The van der Waals surface area contributed by atoms with Crippen LogP contribution in [0.5, 0.6) is 0 Å². The Hall–Kier alpha value is -0.770. The molecule has 1 aliphatic rings. The van der Waals surface area contributed by atoms with E-state index in [4.69, 9.17) is 4.74 Å². The van der Waals surface area contributed by atoms with Crippen LogP contribution in [0.3, 0.4) is 0 Å². The van der Waals surface area contributed by atoms with E-state index in [0.717, 1.165) is 13.0 Å². The summed E-state index contributed by atoms with van der Waals surface area (Å²) in [7, 11) is 0. The van der Waals surface area contributed by atoms with Crippen molar-refractivity contribution in [3.05, 3.63) is 0 Å². The largest absolute Gasteiger partial charge is 0.442 e. The lowest BCUT2D eigenvalue weighted by atomic mass is 9.91. The maximum absolute atomic E-state index is 11.8. The first-order chi connectivity index (χ1) is 7.71. The Kier molecular flexibility index (Phi) is 4.42. The number of ether oxygens (including phenoxy) is 1. The van der Waals surface area contributed by atoms with Gasteiger partial charge in [-0.25, -0.2) is 4.79 Å². The highest BCUT2D eigenvalue weighted by Gasteiger charge is 2.34. The molecule has 0 saturated carbocycles. The third-order valence-corrected chi connectivity index (χ3v) is 2.98. The van der Waals surface area contributed by atoms with Gasteiger partial charge in [0.1, 0.15) is 5.60 Å². The summed E-state index contributed by atoms with van der Waals surface area (Å²) in [4.78, 5) is 11.8. The van der Waals surface area contributed by atoms with Crippen LogP contribution in [0.25, 0.3) is 0 Å². The lowest BCUT2D eigenvalue weighted by Crippen LogP contribution is -2.54. The quantitative estimate of drug-likeness (QED) is 0.782. The molecule has 0 aromatic rings. The average Bonchev–Trinajstić information content (AvgIpc) is 2.15. The summed E-state index contributed by atoms with van der Waals surface area (Å²) in [5.74, 6) is 0. The summed E-state index contributed by atoms with van der Waals surface area (Å²) in [6, 6.07) is 0.252. The Labute approximate surface area is 104 Å². The van der Waals surface area contributed by atoms with Crippen LogP contribution in [0.2, 0.25) is 0 Å². The monoisotopic (exact) mass is 242 g/mol. The lowest BCUT2D eigenvalue weighted by Gasteiger charge is -2.37. The fourth-order valence-electron chi connectivity index (χ4n) is 2.09. The van der Waals surface area contributed by atoms with Gasteiger partial charge in [0.05, 0.1) is 0 Å². The van der Waals surface area contributed by atoms with E-state index in [1.165, 1.54) is 12.8 Å². The van der Waals surface area contributed by atoms with Crippen LogP contribution in [0.15, 0.2) is 0 Å². The van der Waals surface area contributed by atoms with Crippen LogP contribution in [0.4, 0.5) is 4.79 Å². The Morgan fingerprint density at radius 3 is 2.35 bits per heavy atom. The zero-order chi connectivity index (χ0) is 13.1. The fraction of sp³-hybridized carbons (Fsp3) is 0.923. The second-order valence-corrected chi connectivity index (χ2v) is 6.37. The molecule has 0 aromatic heterocycles. The third-order valence-electron chi connectivity index (χ3n) is 2.98. The highest BCUT2D eigenvalue weighted by molar-refractivity contribution is 5.68. The van der Waals surface area contributed by atoms with Crippen LogP contribution >= 0.6 is 0 Å². The van der Waals surface area contributed by atoms with Gasteiger partial charge in [-0.05, 0) is 54.0 Å². The number of rotatable bonds is 2. The van der Waals surface area contributed by atoms with Crippen molar-refractivity contribution in [1.82, 2.24) is 10.6 Å². The zero-order valence-electron chi connectivity index (χ0n) is 11.7. The van der Waals surface area contributed by atoms with Gasteiger partial charge in [0.15, 0.2) is 0 Å². The molecule has 4 nitrogen and oxygen atoms in total. The van der Waals surface area contributed by atoms with Gasteiger partial charge in [0, 0.05) is 11.6 Å². The van der Waals surface area contributed by atoms with Crippen LogP contribution < -0.4 is 10.6 Å². The molecule has 17 heavy (non-hydrogen) atoms. The number of hydrogen-bond donors (Lipinski definition) is 2. The summed E-state index contributed by atoms with van der Waals surface area (Å²) in [5.41, 5.74) is -0.719. The zero-order valence-corrected chi connectivity index (χ0v) is 11.7. The molecule has 100 valence electrons. The standard InChI is InChI=1S/C13H26N2O2/c1-12(2,3)15-11(16)17-13(4,5)10-8-6-7-9-14-10/h10,14H,6-9H2,1-5H3,(H,15,16). The Balaban J connectivity index is 2.50. The molecule has 2 N–H and O–H groups in total. The molecule has 1 saturated heterocycles. The third kappa shape index (κ3) is 4.94. The minimum atomic E-state index is -0.463. The summed E-state index contributed by atoms with van der Waals surface area (Å²) in [6.45, 7) is 10.8. The molecule has 0 aliphatic carbocycles. The SMILES string of the molecule is CC(C)(C)NC(=O)OC(C)(C)C1CCCCN1. The smallest absolute Gasteiger partial charge is 0.408 e. The van der Waals surface area contributed by atoms with E-state index < -0.39 is 5.60 Å². The van der Waals surface area contributed by atoms with Crippen molar-refractivity contribution in [2.75, 3.05) is 6.54 Å².